The maximum Gasteiger partial charge on any atom is 0.322 e. The first-order valence-corrected chi connectivity index (χ1v) is 14.6. The van der Waals surface area contributed by atoms with Gasteiger partial charge in [0, 0.05) is 28.9 Å². The van der Waals surface area contributed by atoms with Crippen LogP contribution in [0.4, 0.5) is 20.6 Å². The summed E-state index contributed by atoms with van der Waals surface area (Å²) in [6.07, 6.45) is 12.1. The number of nitriles is 1. The minimum atomic E-state index is -0.866. The number of rotatable bonds is 7. The molecular weight excluding hydrogens is 555 g/mol. The Hall–Kier alpha value is -3.97. The predicted octanol–water partition coefficient (Wildman–Crippen LogP) is 5.35. The average Bonchev–Trinajstić information content (AvgIpc) is 3.74. The number of allylic oxidation sites excluding steroid dienone is 4. The molecule has 4 atom stereocenters. The van der Waals surface area contributed by atoms with Gasteiger partial charge in [-0.05, 0) is 84.9 Å². The van der Waals surface area contributed by atoms with E-state index in [1.54, 1.807) is 42.5 Å². The molecule has 2 aliphatic carbocycles. The van der Waals surface area contributed by atoms with E-state index < -0.39 is 35.4 Å². The molecule has 2 heterocycles. The van der Waals surface area contributed by atoms with Crippen molar-refractivity contribution in [3.8, 4) is 6.07 Å². The number of urea groups is 1. The summed E-state index contributed by atoms with van der Waals surface area (Å²) in [5.74, 6) is -0.387. The van der Waals surface area contributed by atoms with Crippen molar-refractivity contribution in [3.05, 3.63) is 94.3 Å². The van der Waals surface area contributed by atoms with Gasteiger partial charge in [0.2, 0.25) is 5.91 Å². The molecule has 1 saturated carbocycles. The normalized spacial score (nSPS) is 26.2. The van der Waals surface area contributed by atoms with E-state index >= 15 is 4.39 Å². The quantitative estimate of drug-likeness (QED) is 0.348. The second-order valence-corrected chi connectivity index (χ2v) is 11.9. The van der Waals surface area contributed by atoms with Crippen molar-refractivity contribution in [2.75, 3.05) is 17.2 Å². The van der Waals surface area contributed by atoms with Crippen LogP contribution in [-0.2, 0) is 10.3 Å². The number of benzene rings is 2. The minimum absolute atomic E-state index is 0.0464. The van der Waals surface area contributed by atoms with Gasteiger partial charge in [-0.1, -0.05) is 42.7 Å². The number of likely N-dealkylation sites (tertiary alicyclic amines) is 1. The van der Waals surface area contributed by atoms with Crippen LogP contribution in [-0.4, -0.2) is 41.5 Å². The predicted molar refractivity (Wildman–Crippen MR) is 160 cm³/mol. The van der Waals surface area contributed by atoms with Crippen LogP contribution in [0.15, 0.2) is 77.9 Å². The average molecular weight is 587 g/mol. The number of fused-ring (bicyclic) bond motifs is 1. The van der Waals surface area contributed by atoms with Gasteiger partial charge in [-0.15, -0.1) is 0 Å². The molecule has 10 heteroatoms. The summed E-state index contributed by atoms with van der Waals surface area (Å²) in [5, 5.41) is 19.1. The second-order valence-electron chi connectivity index (χ2n) is 11.5. The van der Waals surface area contributed by atoms with Crippen LogP contribution < -0.4 is 21.7 Å². The van der Waals surface area contributed by atoms with Crippen molar-refractivity contribution >= 4 is 34.9 Å². The summed E-state index contributed by atoms with van der Waals surface area (Å²) in [6.45, 7) is 0.190. The van der Waals surface area contributed by atoms with E-state index in [0.717, 1.165) is 24.0 Å². The van der Waals surface area contributed by atoms with Crippen molar-refractivity contribution in [3.63, 3.8) is 0 Å². The second kappa shape index (κ2) is 11.4. The monoisotopic (exact) mass is 586 g/mol. The number of carbonyl (C=O) groups excluding carboxylic acids is 2. The number of carbonyl (C=O) groups is 2. The van der Waals surface area contributed by atoms with Gasteiger partial charge < -0.3 is 21.3 Å². The molecule has 4 aliphatic rings. The number of nitrogens with one attached hydrogen (secondary N) is 3. The van der Waals surface area contributed by atoms with Crippen LogP contribution in [0, 0.1) is 23.1 Å². The molecule has 8 nitrogen and oxygen atoms in total. The van der Waals surface area contributed by atoms with Crippen LogP contribution in [0.25, 0.3) is 0 Å². The number of amides is 3. The molecular formula is C32H32ClFN6O2. The first-order valence-electron chi connectivity index (χ1n) is 14.2. The SMILES string of the molecule is N#CC1=CC2NC(CCC3CC3)(c3ccc(F)c(NC(=O)[C@H]4C[C@H](N)CN4C(=O)Nc4ccc(Cl)cc4)c3)C2=CC=C1. The zero-order valence-corrected chi connectivity index (χ0v) is 23.7. The summed E-state index contributed by atoms with van der Waals surface area (Å²) in [6, 6.07) is 11.8. The Bertz CT molecular complexity index is 1540. The lowest BCUT2D eigenvalue weighted by Crippen LogP contribution is -2.62. The lowest BCUT2D eigenvalue weighted by molar-refractivity contribution is -0.119. The van der Waals surface area contributed by atoms with Gasteiger partial charge in [-0.2, -0.15) is 5.26 Å². The lowest BCUT2D eigenvalue weighted by atomic mass is 9.68. The number of hydrogen-bond acceptors (Lipinski definition) is 5. The maximum absolute atomic E-state index is 15.2. The molecule has 5 N–H and O–H groups in total. The van der Waals surface area contributed by atoms with Crippen LogP contribution in [0.1, 0.15) is 37.7 Å². The maximum atomic E-state index is 15.2. The van der Waals surface area contributed by atoms with Gasteiger partial charge in [0.05, 0.1) is 23.3 Å². The van der Waals surface area contributed by atoms with E-state index in [9.17, 15) is 14.9 Å². The lowest BCUT2D eigenvalue weighted by Gasteiger charge is -2.52. The molecule has 0 aromatic heterocycles. The Labute approximate surface area is 249 Å². The fourth-order valence-electron chi connectivity index (χ4n) is 6.17. The first kappa shape index (κ1) is 28.2. The fraction of sp³-hybridized carbons (Fsp3) is 0.344. The number of nitrogens with zero attached hydrogens (tertiary/aromatic N) is 2. The molecule has 2 aromatic rings. The molecule has 2 aromatic carbocycles. The highest BCUT2D eigenvalue weighted by molar-refractivity contribution is 6.30. The highest BCUT2D eigenvalue weighted by atomic mass is 35.5. The number of nitrogens with two attached hydrogens (primary N) is 1. The summed E-state index contributed by atoms with van der Waals surface area (Å²) < 4.78 is 15.2. The Kier molecular flexibility index (Phi) is 7.62. The highest BCUT2D eigenvalue weighted by Gasteiger charge is 2.49. The molecule has 0 radical (unpaired) electrons. The van der Waals surface area contributed by atoms with Gasteiger partial charge in [0.15, 0.2) is 0 Å². The Morgan fingerprint density at radius 1 is 1.19 bits per heavy atom. The van der Waals surface area contributed by atoms with E-state index in [2.05, 4.69) is 22.0 Å². The van der Waals surface area contributed by atoms with Crippen molar-refractivity contribution in [1.82, 2.24) is 10.2 Å². The molecule has 2 aliphatic heterocycles. The molecule has 0 bridgehead atoms. The van der Waals surface area contributed by atoms with Gasteiger partial charge >= 0.3 is 6.03 Å². The first-order chi connectivity index (χ1) is 20.3. The molecule has 216 valence electrons. The van der Waals surface area contributed by atoms with Gasteiger partial charge in [-0.25, -0.2) is 9.18 Å². The van der Waals surface area contributed by atoms with Crippen molar-refractivity contribution in [1.29, 1.82) is 5.26 Å². The fourth-order valence-corrected chi connectivity index (χ4v) is 6.29. The largest absolute Gasteiger partial charge is 0.326 e. The zero-order valence-electron chi connectivity index (χ0n) is 22.9. The summed E-state index contributed by atoms with van der Waals surface area (Å²) >= 11 is 5.94. The van der Waals surface area contributed by atoms with Gasteiger partial charge in [-0.3, -0.25) is 10.1 Å². The summed E-state index contributed by atoms with van der Waals surface area (Å²) in [4.78, 5) is 27.9. The Morgan fingerprint density at radius 3 is 2.71 bits per heavy atom. The van der Waals surface area contributed by atoms with Crippen molar-refractivity contribution in [2.24, 2.45) is 11.7 Å². The third kappa shape index (κ3) is 5.58. The molecule has 2 unspecified atom stereocenters. The van der Waals surface area contributed by atoms with E-state index in [4.69, 9.17) is 17.3 Å². The Morgan fingerprint density at radius 2 is 1.98 bits per heavy atom. The van der Waals surface area contributed by atoms with Crippen LogP contribution >= 0.6 is 11.6 Å². The van der Waals surface area contributed by atoms with E-state index in [1.165, 1.54) is 23.8 Å². The van der Waals surface area contributed by atoms with Crippen molar-refractivity contribution in [2.45, 2.75) is 55.8 Å². The smallest absolute Gasteiger partial charge is 0.322 e. The van der Waals surface area contributed by atoms with E-state index in [1.807, 2.05) is 18.2 Å². The molecule has 2 saturated heterocycles. The topological polar surface area (TPSA) is 123 Å². The third-order valence-corrected chi connectivity index (χ3v) is 8.84. The summed E-state index contributed by atoms with van der Waals surface area (Å²) in [5.41, 5.74) is 8.73. The molecule has 3 fully saturated rings. The highest BCUT2D eigenvalue weighted by Crippen LogP contribution is 2.49. The van der Waals surface area contributed by atoms with Gasteiger partial charge in [0.25, 0.3) is 0 Å². The van der Waals surface area contributed by atoms with Gasteiger partial charge in [0.1, 0.15) is 11.9 Å². The molecule has 0 spiro atoms. The van der Waals surface area contributed by atoms with Crippen LogP contribution in [0.2, 0.25) is 5.02 Å². The Balaban J connectivity index is 1.23. The minimum Gasteiger partial charge on any atom is -0.326 e. The number of halogens is 2. The van der Waals surface area contributed by atoms with E-state index in [0.29, 0.717) is 22.2 Å². The van der Waals surface area contributed by atoms with Crippen molar-refractivity contribution < 1.29 is 14.0 Å². The number of anilines is 2. The molecule has 6 rings (SSSR count). The third-order valence-electron chi connectivity index (χ3n) is 8.59. The van der Waals surface area contributed by atoms with Crippen LogP contribution in [0.5, 0.6) is 0 Å². The number of hydrogen-bond donors (Lipinski definition) is 4. The molecule has 3 amide bonds. The van der Waals surface area contributed by atoms with Crippen LogP contribution in [0.3, 0.4) is 0 Å². The van der Waals surface area contributed by atoms with E-state index in [-0.39, 0.29) is 24.7 Å². The summed E-state index contributed by atoms with van der Waals surface area (Å²) in [7, 11) is 0. The standard InChI is InChI=1S/C32H32ClFN6O2/c33-22-7-9-24(10-8-22)37-31(42)40-18-23(36)16-29(40)30(41)38-28-15-21(6-11-26(28)34)32(13-12-19-4-5-19)25-3-1-2-20(17-35)14-27(25)39-32/h1-3,6-11,14-15,19,23,27,29,39H,4-5,12-13,16,18,36H2,(H,37,42)(H,38,41)/t23-,27?,29+,32?/m0/s1. The zero-order chi connectivity index (χ0) is 29.4. The molecule has 42 heavy (non-hydrogen) atoms.